The monoisotopic (exact) mass is 350 g/mol. The van der Waals surface area contributed by atoms with Crippen LogP contribution < -0.4 is 5.56 Å². The SMILES string of the molecule is CC1(C)S[C@@H]2[C@H](n3sc4ccccc4c3=O)C(=O)N2[C@H]1C(=O)O. The number of hydrogen-bond acceptors (Lipinski definition) is 5. The second-order valence-corrected chi connectivity index (χ2v) is 9.05. The number of nitrogens with zero attached hydrogens (tertiary/aromatic N) is 2. The fourth-order valence-electron chi connectivity index (χ4n) is 3.38. The minimum Gasteiger partial charge on any atom is -0.480 e. The maximum absolute atomic E-state index is 12.6. The largest absolute Gasteiger partial charge is 0.480 e. The van der Waals surface area contributed by atoms with Gasteiger partial charge in [0, 0.05) is 4.75 Å². The Morgan fingerprint density at radius 3 is 2.61 bits per heavy atom. The molecule has 8 heteroatoms. The molecule has 0 bridgehead atoms. The topological polar surface area (TPSA) is 79.6 Å². The lowest BCUT2D eigenvalue weighted by Gasteiger charge is -2.43. The summed E-state index contributed by atoms with van der Waals surface area (Å²) in [6.07, 6.45) is 0. The molecule has 6 nitrogen and oxygen atoms in total. The highest BCUT2D eigenvalue weighted by Crippen LogP contribution is 2.55. The molecule has 0 unspecified atom stereocenters. The van der Waals surface area contributed by atoms with E-state index in [9.17, 15) is 19.5 Å². The Balaban J connectivity index is 1.78. The van der Waals surface area contributed by atoms with Crippen molar-refractivity contribution in [1.29, 1.82) is 0 Å². The fourth-order valence-corrected chi connectivity index (χ4v) is 6.23. The molecule has 1 amide bonds. The highest BCUT2D eigenvalue weighted by Gasteiger charge is 2.64. The fraction of sp³-hybridized carbons (Fsp3) is 0.400. The number of hydrogen-bond donors (Lipinski definition) is 1. The van der Waals surface area contributed by atoms with Crippen LogP contribution in [-0.4, -0.2) is 42.0 Å². The van der Waals surface area contributed by atoms with Crippen molar-refractivity contribution in [1.82, 2.24) is 8.86 Å². The molecule has 120 valence electrons. The van der Waals surface area contributed by atoms with Gasteiger partial charge in [0.2, 0.25) is 0 Å². The van der Waals surface area contributed by atoms with E-state index < -0.39 is 22.8 Å². The number of carbonyl (C=O) groups excluding carboxylic acids is 1. The van der Waals surface area contributed by atoms with E-state index in [0.717, 1.165) is 4.70 Å². The molecule has 0 spiro atoms. The number of amides is 1. The predicted octanol–water partition coefficient (Wildman–Crippen LogP) is 1.75. The van der Waals surface area contributed by atoms with Gasteiger partial charge in [0.05, 0.1) is 10.1 Å². The summed E-state index contributed by atoms with van der Waals surface area (Å²) < 4.78 is 1.75. The van der Waals surface area contributed by atoms with Crippen LogP contribution >= 0.6 is 23.3 Å². The average molecular weight is 350 g/mol. The molecular formula is C15H14N2O4S2. The lowest BCUT2D eigenvalue weighted by molar-refractivity contribution is -0.161. The molecule has 1 aromatic heterocycles. The number of rotatable bonds is 2. The van der Waals surface area contributed by atoms with E-state index in [2.05, 4.69) is 0 Å². The third-order valence-corrected chi connectivity index (χ3v) is 7.11. The van der Waals surface area contributed by atoms with Crippen molar-refractivity contribution in [3.8, 4) is 0 Å². The summed E-state index contributed by atoms with van der Waals surface area (Å²) in [5.74, 6) is -1.28. The van der Waals surface area contributed by atoms with E-state index in [0.29, 0.717) is 5.39 Å². The van der Waals surface area contributed by atoms with Crippen molar-refractivity contribution in [2.24, 2.45) is 0 Å². The highest BCUT2D eigenvalue weighted by atomic mass is 32.2. The molecule has 2 aliphatic rings. The summed E-state index contributed by atoms with van der Waals surface area (Å²) in [6, 6.07) is 5.79. The van der Waals surface area contributed by atoms with Crippen molar-refractivity contribution in [2.75, 3.05) is 0 Å². The lowest BCUT2D eigenvalue weighted by Crippen LogP contribution is -2.63. The summed E-state index contributed by atoms with van der Waals surface area (Å²) in [6.45, 7) is 3.65. The molecule has 0 radical (unpaired) electrons. The number of benzene rings is 1. The summed E-state index contributed by atoms with van der Waals surface area (Å²) >= 11 is 2.72. The van der Waals surface area contributed by atoms with E-state index in [4.69, 9.17) is 0 Å². The lowest BCUT2D eigenvalue weighted by atomic mass is 9.96. The molecule has 0 aliphatic carbocycles. The molecule has 2 fully saturated rings. The first-order valence-electron chi connectivity index (χ1n) is 7.16. The summed E-state index contributed by atoms with van der Waals surface area (Å²) in [5, 5.41) is 9.74. The van der Waals surface area contributed by atoms with Gasteiger partial charge in [0.15, 0.2) is 6.04 Å². The van der Waals surface area contributed by atoms with Gasteiger partial charge in [-0.1, -0.05) is 23.7 Å². The molecular weight excluding hydrogens is 336 g/mol. The number of carbonyl (C=O) groups is 2. The Morgan fingerprint density at radius 2 is 1.96 bits per heavy atom. The minimum atomic E-state index is -1.000. The number of fused-ring (bicyclic) bond motifs is 2. The van der Waals surface area contributed by atoms with E-state index in [1.807, 2.05) is 26.0 Å². The Labute approximate surface area is 139 Å². The first kappa shape index (κ1) is 14.8. The van der Waals surface area contributed by atoms with Crippen molar-refractivity contribution < 1.29 is 14.7 Å². The Bertz CT molecular complexity index is 900. The third kappa shape index (κ3) is 1.85. The van der Waals surface area contributed by atoms with Crippen LogP contribution in [0.5, 0.6) is 0 Å². The normalized spacial score (nSPS) is 28.7. The average Bonchev–Trinajstić information content (AvgIpc) is 2.93. The van der Waals surface area contributed by atoms with Crippen LogP contribution in [0.15, 0.2) is 29.1 Å². The quantitative estimate of drug-likeness (QED) is 0.835. The zero-order chi connectivity index (χ0) is 16.5. The molecule has 2 saturated heterocycles. The second-order valence-electron chi connectivity index (χ2n) is 6.26. The molecule has 3 heterocycles. The Morgan fingerprint density at radius 1 is 1.26 bits per heavy atom. The standard InChI is InChI=1S/C15H14N2O4S2/c1-15(2)10(14(20)21)16-12(19)9(13(16)22-15)17-11(18)7-5-3-4-6-8(7)23-17/h3-6,9-10,13H,1-2H3,(H,20,21)/t9-,10+,13-/m1/s1. The molecule has 2 aromatic rings. The van der Waals surface area contributed by atoms with Crippen LogP contribution in [0.1, 0.15) is 19.9 Å². The van der Waals surface area contributed by atoms with E-state index in [1.165, 1.54) is 32.2 Å². The zero-order valence-corrected chi connectivity index (χ0v) is 14.1. The molecule has 3 atom stereocenters. The van der Waals surface area contributed by atoms with E-state index in [1.54, 1.807) is 12.1 Å². The number of carboxylic acid groups (broad SMARTS) is 1. The van der Waals surface area contributed by atoms with Crippen LogP contribution in [-0.2, 0) is 9.59 Å². The van der Waals surface area contributed by atoms with E-state index >= 15 is 0 Å². The second kappa shape index (κ2) is 4.61. The summed E-state index contributed by atoms with van der Waals surface area (Å²) in [7, 11) is 0. The van der Waals surface area contributed by atoms with Gasteiger partial charge in [-0.3, -0.25) is 9.59 Å². The Kier molecular flexibility index (Phi) is 2.96. The van der Waals surface area contributed by atoms with Gasteiger partial charge in [-0.25, -0.2) is 8.75 Å². The van der Waals surface area contributed by atoms with Gasteiger partial charge in [0.1, 0.15) is 11.4 Å². The van der Waals surface area contributed by atoms with Crippen molar-refractivity contribution in [3.05, 3.63) is 34.6 Å². The van der Waals surface area contributed by atoms with Crippen molar-refractivity contribution in [3.63, 3.8) is 0 Å². The van der Waals surface area contributed by atoms with Gasteiger partial charge in [-0.2, -0.15) is 0 Å². The molecule has 1 aromatic carbocycles. The molecule has 2 aliphatic heterocycles. The van der Waals surface area contributed by atoms with Crippen LogP contribution in [0.3, 0.4) is 0 Å². The van der Waals surface area contributed by atoms with Gasteiger partial charge in [-0.15, -0.1) is 11.8 Å². The maximum Gasteiger partial charge on any atom is 0.327 e. The van der Waals surface area contributed by atoms with Gasteiger partial charge in [-0.05, 0) is 26.0 Å². The van der Waals surface area contributed by atoms with Gasteiger partial charge >= 0.3 is 5.97 Å². The smallest absolute Gasteiger partial charge is 0.327 e. The first-order chi connectivity index (χ1) is 10.8. The van der Waals surface area contributed by atoms with Crippen LogP contribution in [0.25, 0.3) is 10.1 Å². The maximum atomic E-state index is 12.6. The van der Waals surface area contributed by atoms with E-state index in [-0.39, 0.29) is 16.8 Å². The number of aliphatic carboxylic acids is 1. The third-order valence-electron chi connectivity index (χ3n) is 4.41. The molecule has 4 rings (SSSR count). The molecule has 0 saturated carbocycles. The Hall–Kier alpha value is -1.80. The highest BCUT2D eigenvalue weighted by molar-refractivity contribution is 8.01. The molecule has 23 heavy (non-hydrogen) atoms. The van der Waals surface area contributed by atoms with Gasteiger partial charge < -0.3 is 10.0 Å². The van der Waals surface area contributed by atoms with Crippen molar-refractivity contribution in [2.45, 2.75) is 36.1 Å². The van der Waals surface area contributed by atoms with Gasteiger partial charge in [0.25, 0.3) is 11.5 Å². The molecule has 1 N–H and O–H groups in total. The number of β-lactam (4-membered cyclic amide) rings is 1. The first-order valence-corrected chi connectivity index (χ1v) is 8.81. The van der Waals surface area contributed by atoms with Crippen LogP contribution in [0.2, 0.25) is 0 Å². The zero-order valence-electron chi connectivity index (χ0n) is 12.4. The predicted molar refractivity (Wildman–Crippen MR) is 88.8 cm³/mol. The minimum absolute atomic E-state index is 0.180. The number of carboxylic acids is 1. The van der Waals surface area contributed by atoms with Crippen LogP contribution in [0, 0.1) is 0 Å². The van der Waals surface area contributed by atoms with Crippen LogP contribution in [0.4, 0.5) is 0 Å². The number of aromatic nitrogens is 1. The summed E-state index contributed by atoms with van der Waals surface area (Å²) in [5.41, 5.74) is -0.180. The van der Waals surface area contributed by atoms with Crippen molar-refractivity contribution >= 4 is 45.3 Å². The summed E-state index contributed by atoms with van der Waals surface area (Å²) in [4.78, 5) is 38.1. The number of thioether (sulfide) groups is 1.